The first-order valence-corrected chi connectivity index (χ1v) is 6.38. The molecule has 1 aromatic rings. The molecule has 0 saturated carbocycles. The SMILES string of the molecule is CCOC(=O)C(=Cc1ccc(F)c(Cl)c1)C(=O)OCC. The van der Waals surface area contributed by atoms with E-state index in [0.717, 1.165) is 6.07 Å². The van der Waals surface area contributed by atoms with E-state index < -0.39 is 17.8 Å². The highest BCUT2D eigenvalue weighted by Crippen LogP contribution is 2.18. The van der Waals surface area contributed by atoms with E-state index >= 15 is 0 Å². The van der Waals surface area contributed by atoms with Crippen LogP contribution in [-0.4, -0.2) is 25.2 Å². The van der Waals surface area contributed by atoms with Crippen LogP contribution in [0.4, 0.5) is 4.39 Å². The first-order valence-electron chi connectivity index (χ1n) is 6.00. The summed E-state index contributed by atoms with van der Waals surface area (Å²) in [6.45, 7) is 3.49. The molecule has 0 aliphatic heterocycles. The van der Waals surface area contributed by atoms with Gasteiger partial charge in [0, 0.05) is 0 Å². The van der Waals surface area contributed by atoms with Gasteiger partial charge in [0.25, 0.3) is 0 Å². The quantitative estimate of drug-likeness (QED) is 0.363. The average molecular weight is 301 g/mol. The van der Waals surface area contributed by atoms with Gasteiger partial charge in [-0.3, -0.25) is 0 Å². The zero-order valence-electron chi connectivity index (χ0n) is 11.1. The Morgan fingerprint density at radius 2 is 1.75 bits per heavy atom. The van der Waals surface area contributed by atoms with Gasteiger partial charge in [-0.25, -0.2) is 14.0 Å². The predicted molar refractivity (Wildman–Crippen MR) is 72.7 cm³/mol. The summed E-state index contributed by atoms with van der Waals surface area (Å²) in [4.78, 5) is 23.4. The number of hydrogen-bond acceptors (Lipinski definition) is 4. The molecule has 20 heavy (non-hydrogen) atoms. The molecule has 0 bridgehead atoms. The molecule has 0 aromatic heterocycles. The Morgan fingerprint density at radius 3 is 2.20 bits per heavy atom. The lowest BCUT2D eigenvalue weighted by molar-refractivity contribution is -0.146. The van der Waals surface area contributed by atoms with Gasteiger partial charge in [-0.05, 0) is 37.6 Å². The number of rotatable bonds is 5. The summed E-state index contributed by atoms with van der Waals surface area (Å²) in [6.07, 6.45) is 1.25. The summed E-state index contributed by atoms with van der Waals surface area (Å²) >= 11 is 5.64. The second-order valence-electron chi connectivity index (χ2n) is 3.67. The molecule has 1 rings (SSSR count). The van der Waals surface area contributed by atoms with Crippen molar-refractivity contribution in [2.24, 2.45) is 0 Å². The molecule has 0 fully saturated rings. The third-order valence-electron chi connectivity index (χ3n) is 2.25. The first-order chi connectivity index (χ1) is 9.49. The maximum Gasteiger partial charge on any atom is 0.345 e. The molecule has 108 valence electrons. The Morgan fingerprint density at radius 1 is 1.20 bits per heavy atom. The molecule has 1 aromatic carbocycles. The molecule has 0 atom stereocenters. The molecule has 0 spiro atoms. The van der Waals surface area contributed by atoms with Crippen LogP contribution in [0.2, 0.25) is 5.02 Å². The molecule has 4 nitrogen and oxygen atoms in total. The van der Waals surface area contributed by atoms with Crippen molar-refractivity contribution in [3.8, 4) is 0 Å². The van der Waals surface area contributed by atoms with Crippen molar-refractivity contribution in [1.82, 2.24) is 0 Å². The Labute approximate surface area is 121 Å². The third kappa shape index (κ3) is 4.35. The second kappa shape index (κ2) is 7.65. The van der Waals surface area contributed by atoms with Crippen LogP contribution in [-0.2, 0) is 19.1 Å². The average Bonchev–Trinajstić information content (AvgIpc) is 2.40. The van der Waals surface area contributed by atoms with Gasteiger partial charge in [-0.1, -0.05) is 17.7 Å². The van der Waals surface area contributed by atoms with Crippen LogP contribution >= 0.6 is 11.6 Å². The normalized spacial score (nSPS) is 9.80. The lowest BCUT2D eigenvalue weighted by Crippen LogP contribution is -2.18. The van der Waals surface area contributed by atoms with E-state index in [1.165, 1.54) is 18.2 Å². The second-order valence-corrected chi connectivity index (χ2v) is 4.08. The van der Waals surface area contributed by atoms with Crippen molar-refractivity contribution < 1.29 is 23.5 Å². The molecule has 0 unspecified atom stereocenters. The Bertz CT molecular complexity index is 520. The standard InChI is InChI=1S/C14H14ClFO4/c1-3-19-13(17)10(14(18)20-4-2)7-9-5-6-12(16)11(15)8-9/h5-8H,3-4H2,1-2H3. The molecular weight excluding hydrogens is 287 g/mol. The number of carbonyl (C=O) groups excluding carboxylic acids is 2. The van der Waals surface area contributed by atoms with Crippen LogP contribution in [0.5, 0.6) is 0 Å². The minimum Gasteiger partial charge on any atom is -0.462 e. The van der Waals surface area contributed by atoms with E-state index in [4.69, 9.17) is 21.1 Å². The van der Waals surface area contributed by atoms with Gasteiger partial charge >= 0.3 is 11.9 Å². The van der Waals surface area contributed by atoms with E-state index in [1.54, 1.807) is 13.8 Å². The fourth-order valence-electron chi connectivity index (χ4n) is 1.39. The van der Waals surface area contributed by atoms with Crippen LogP contribution in [0.3, 0.4) is 0 Å². The monoisotopic (exact) mass is 300 g/mol. The van der Waals surface area contributed by atoms with Crippen LogP contribution in [0, 0.1) is 5.82 Å². The minimum absolute atomic E-state index is 0.106. The van der Waals surface area contributed by atoms with Crippen LogP contribution in [0.15, 0.2) is 23.8 Å². The maximum atomic E-state index is 13.1. The van der Waals surface area contributed by atoms with E-state index in [-0.39, 0.29) is 23.8 Å². The zero-order chi connectivity index (χ0) is 15.1. The molecule has 0 heterocycles. The number of ether oxygens (including phenoxy) is 2. The molecule has 0 N–H and O–H groups in total. The maximum absolute atomic E-state index is 13.1. The lowest BCUT2D eigenvalue weighted by atomic mass is 10.1. The number of benzene rings is 1. The first kappa shape index (κ1) is 16.2. The van der Waals surface area contributed by atoms with Crippen LogP contribution in [0.1, 0.15) is 19.4 Å². The summed E-state index contributed by atoms with van der Waals surface area (Å²) in [7, 11) is 0. The molecule has 0 aliphatic rings. The number of carbonyl (C=O) groups is 2. The fourth-order valence-corrected chi connectivity index (χ4v) is 1.58. The molecular formula is C14H14ClFO4. The lowest BCUT2D eigenvalue weighted by Gasteiger charge is -2.06. The van der Waals surface area contributed by atoms with Crippen LogP contribution < -0.4 is 0 Å². The highest BCUT2D eigenvalue weighted by atomic mass is 35.5. The highest BCUT2D eigenvalue weighted by molar-refractivity contribution is 6.31. The van der Waals surface area contributed by atoms with Gasteiger partial charge in [-0.2, -0.15) is 0 Å². The summed E-state index contributed by atoms with van der Waals surface area (Å²) in [5, 5.41) is -0.106. The smallest absolute Gasteiger partial charge is 0.345 e. The van der Waals surface area contributed by atoms with E-state index in [2.05, 4.69) is 0 Å². The van der Waals surface area contributed by atoms with Crippen molar-refractivity contribution in [3.05, 3.63) is 40.2 Å². The number of halogens is 2. The van der Waals surface area contributed by atoms with Gasteiger partial charge in [0.2, 0.25) is 0 Å². The molecule has 0 radical (unpaired) electrons. The predicted octanol–water partition coefficient (Wildman–Crippen LogP) is 2.99. The third-order valence-corrected chi connectivity index (χ3v) is 2.53. The fraction of sp³-hybridized carbons (Fsp3) is 0.286. The summed E-state index contributed by atoms with van der Waals surface area (Å²) in [5.74, 6) is -2.18. The van der Waals surface area contributed by atoms with Crippen molar-refractivity contribution in [3.63, 3.8) is 0 Å². The highest BCUT2D eigenvalue weighted by Gasteiger charge is 2.21. The van der Waals surface area contributed by atoms with Crippen molar-refractivity contribution in [2.75, 3.05) is 13.2 Å². The van der Waals surface area contributed by atoms with Gasteiger partial charge in [-0.15, -0.1) is 0 Å². The van der Waals surface area contributed by atoms with E-state index in [1.807, 2.05) is 0 Å². The summed E-state index contributed by atoms with van der Waals surface area (Å²) in [6, 6.07) is 3.83. The minimum atomic E-state index is -0.800. The Hall–Kier alpha value is -1.88. The van der Waals surface area contributed by atoms with Crippen molar-refractivity contribution in [1.29, 1.82) is 0 Å². The van der Waals surface area contributed by atoms with Gasteiger partial charge in [0.15, 0.2) is 0 Å². The molecule has 0 saturated heterocycles. The largest absolute Gasteiger partial charge is 0.462 e. The topological polar surface area (TPSA) is 52.6 Å². The van der Waals surface area contributed by atoms with E-state index in [0.29, 0.717) is 5.56 Å². The molecule has 6 heteroatoms. The molecule has 0 amide bonds. The van der Waals surface area contributed by atoms with Gasteiger partial charge < -0.3 is 9.47 Å². The Balaban J connectivity index is 3.13. The number of esters is 2. The van der Waals surface area contributed by atoms with Crippen molar-refractivity contribution >= 4 is 29.6 Å². The molecule has 0 aliphatic carbocycles. The summed E-state index contributed by atoms with van der Waals surface area (Å²) < 4.78 is 22.6. The number of hydrogen-bond donors (Lipinski definition) is 0. The van der Waals surface area contributed by atoms with Gasteiger partial charge in [0.05, 0.1) is 18.2 Å². The van der Waals surface area contributed by atoms with Crippen LogP contribution in [0.25, 0.3) is 6.08 Å². The van der Waals surface area contributed by atoms with Gasteiger partial charge in [0.1, 0.15) is 11.4 Å². The van der Waals surface area contributed by atoms with E-state index in [9.17, 15) is 14.0 Å². The summed E-state index contributed by atoms with van der Waals surface area (Å²) in [5.41, 5.74) is 0.129. The van der Waals surface area contributed by atoms with Crippen molar-refractivity contribution in [2.45, 2.75) is 13.8 Å². The zero-order valence-corrected chi connectivity index (χ0v) is 11.9. The Kier molecular flexibility index (Phi) is 6.18.